The third kappa shape index (κ3) is 3.81. The maximum atomic E-state index is 12.7. The van der Waals surface area contributed by atoms with Gasteiger partial charge in [-0.05, 0) is 12.1 Å². The number of nitrogens with one attached hydrogen (secondary N) is 1. The van der Waals surface area contributed by atoms with Crippen LogP contribution >= 0.6 is 0 Å². The van der Waals surface area contributed by atoms with Crippen LogP contribution in [-0.2, 0) is 14.8 Å². The Hall–Kier alpha value is -2.03. The van der Waals surface area contributed by atoms with E-state index >= 15 is 0 Å². The molecule has 0 radical (unpaired) electrons. The SMILES string of the molecule is CN(C)S(=O)(=O)C[C@@H]1COC[C@H]1NC(=O)c1cccc2cccnc12. The zero-order valence-corrected chi connectivity index (χ0v) is 15.0. The Bertz CT molecular complexity index is 877. The summed E-state index contributed by atoms with van der Waals surface area (Å²) in [6, 6.07) is 8.77. The van der Waals surface area contributed by atoms with Crippen molar-refractivity contribution in [3.63, 3.8) is 0 Å². The largest absolute Gasteiger partial charge is 0.379 e. The highest BCUT2D eigenvalue weighted by atomic mass is 32.2. The highest BCUT2D eigenvalue weighted by Crippen LogP contribution is 2.20. The van der Waals surface area contributed by atoms with Crippen molar-refractivity contribution in [2.75, 3.05) is 33.1 Å². The first-order valence-corrected chi connectivity index (χ1v) is 9.62. The van der Waals surface area contributed by atoms with Gasteiger partial charge in [-0.3, -0.25) is 9.78 Å². The number of hydrogen-bond acceptors (Lipinski definition) is 5. The van der Waals surface area contributed by atoms with E-state index < -0.39 is 10.0 Å². The molecule has 25 heavy (non-hydrogen) atoms. The molecule has 1 aromatic heterocycles. The van der Waals surface area contributed by atoms with Gasteiger partial charge in [0, 0.05) is 31.6 Å². The second kappa shape index (κ2) is 7.07. The number of pyridine rings is 1. The van der Waals surface area contributed by atoms with E-state index in [1.807, 2.05) is 18.2 Å². The number of sulfonamides is 1. The van der Waals surface area contributed by atoms with Gasteiger partial charge in [0.1, 0.15) is 0 Å². The molecule has 8 heteroatoms. The van der Waals surface area contributed by atoms with Crippen LogP contribution in [0, 0.1) is 5.92 Å². The van der Waals surface area contributed by atoms with Crippen molar-refractivity contribution in [2.24, 2.45) is 5.92 Å². The van der Waals surface area contributed by atoms with Gasteiger partial charge in [0.15, 0.2) is 0 Å². The van der Waals surface area contributed by atoms with Crippen LogP contribution in [0.25, 0.3) is 10.9 Å². The van der Waals surface area contributed by atoms with Gasteiger partial charge in [-0.1, -0.05) is 18.2 Å². The Morgan fingerprint density at radius 2 is 2.04 bits per heavy atom. The van der Waals surface area contributed by atoms with Gasteiger partial charge < -0.3 is 10.1 Å². The van der Waals surface area contributed by atoms with Crippen molar-refractivity contribution in [1.82, 2.24) is 14.6 Å². The van der Waals surface area contributed by atoms with Gasteiger partial charge >= 0.3 is 0 Å². The van der Waals surface area contributed by atoms with Gasteiger partial charge in [-0.2, -0.15) is 0 Å². The molecule has 0 unspecified atom stereocenters. The number of nitrogens with zero attached hydrogens (tertiary/aromatic N) is 2. The molecule has 1 aliphatic rings. The highest BCUT2D eigenvalue weighted by Gasteiger charge is 2.34. The van der Waals surface area contributed by atoms with Crippen molar-refractivity contribution in [1.29, 1.82) is 0 Å². The third-order valence-corrected chi connectivity index (χ3v) is 6.34. The fourth-order valence-corrected chi connectivity index (χ4v) is 4.04. The first-order chi connectivity index (χ1) is 11.9. The van der Waals surface area contributed by atoms with Gasteiger partial charge in [0.25, 0.3) is 5.91 Å². The Kier molecular flexibility index (Phi) is 5.03. The standard InChI is InChI=1S/C17H21N3O4S/c1-20(2)25(22,23)11-13-9-24-10-15(13)19-17(21)14-7-3-5-12-6-4-8-18-16(12)14/h3-8,13,15H,9-11H2,1-2H3,(H,19,21)/t13-,15+/m0/s1. The molecular formula is C17H21N3O4S. The molecule has 2 heterocycles. The number of aromatic nitrogens is 1. The zero-order valence-electron chi connectivity index (χ0n) is 14.2. The minimum atomic E-state index is -3.36. The lowest BCUT2D eigenvalue weighted by atomic mass is 10.0. The van der Waals surface area contributed by atoms with E-state index in [0.717, 1.165) is 5.39 Å². The lowest BCUT2D eigenvalue weighted by Gasteiger charge is -2.21. The van der Waals surface area contributed by atoms with Crippen molar-refractivity contribution < 1.29 is 17.9 Å². The summed E-state index contributed by atoms with van der Waals surface area (Å²) >= 11 is 0. The Morgan fingerprint density at radius 1 is 1.28 bits per heavy atom. The number of para-hydroxylation sites is 1. The van der Waals surface area contributed by atoms with E-state index in [4.69, 9.17) is 4.74 Å². The van der Waals surface area contributed by atoms with Crippen molar-refractivity contribution >= 4 is 26.8 Å². The molecule has 1 fully saturated rings. The number of hydrogen-bond donors (Lipinski definition) is 1. The van der Waals surface area contributed by atoms with Crippen LogP contribution in [0.5, 0.6) is 0 Å². The minimum Gasteiger partial charge on any atom is -0.379 e. The van der Waals surface area contributed by atoms with E-state index in [-0.39, 0.29) is 23.6 Å². The van der Waals surface area contributed by atoms with Gasteiger partial charge in [0.2, 0.25) is 10.0 Å². The summed E-state index contributed by atoms with van der Waals surface area (Å²) in [5.41, 5.74) is 1.10. The molecule has 1 N–H and O–H groups in total. The van der Waals surface area contributed by atoms with Crippen LogP contribution < -0.4 is 5.32 Å². The summed E-state index contributed by atoms with van der Waals surface area (Å²) in [7, 11) is -0.359. The smallest absolute Gasteiger partial charge is 0.253 e. The number of carbonyl (C=O) groups is 1. The number of fused-ring (bicyclic) bond motifs is 1. The van der Waals surface area contributed by atoms with E-state index in [1.165, 1.54) is 18.4 Å². The second-order valence-electron chi connectivity index (χ2n) is 6.32. The molecule has 1 aromatic carbocycles. The van der Waals surface area contributed by atoms with Crippen molar-refractivity contribution in [3.8, 4) is 0 Å². The molecule has 7 nitrogen and oxygen atoms in total. The predicted octanol–water partition coefficient (Wildman–Crippen LogP) is 0.871. The van der Waals surface area contributed by atoms with E-state index in [0.29, 0.717) is 24.3 Å². The van der Waals surface area contributed by atoms with Crippen LogP contribution in [0.3, 0.4) is 0 Å². The summed E-state index contributed by atoms with van der Waals surface area (Å²) in [4.78, 5) is 17.0. The molecule has 1 amide bonds. The van der Waals surface area contributed by atoms with Crippen LogP contribution in [0.1, 0.15) is 10.4 Å². The van der Waals surface area contributed by atoms with Crippen LogP contribution in [0.4, 0.5) is 0 Å². The molecular weight excluding hydrogens is 342 g/mol. The fourth-order valence-electron chi connectivity index (χ4n) is 2.88. The number of rotatable bonds is 5. The number of ether oxygens (including phenoxy) is 1. The number of amides is 1. The lowest BCUT2D eigenvalue weighted by Crippen LogP contribution is -2.43. The van der Waals surface area contributed by atoms with E-state index in [1.54, 1.807) is 18.3 Å². The Morgan fingerprint density at radius 3 is 2.80 bits per heavy atom. The van der Waals surface area contributed by atoms with Gasteiger partial charge in [0.05, 0.1) is 36.1 Å². The van der Waals surface area contributed by atoms with Crippen LogP contribution in [-0.4, -0.2) is 62.7 Å². The monoisotopic (exact) mass is 363 g/mol. The molecule has 0 aliphatic carbocycles. The maximum Gasteiger partial charge on any atom is 0.253 e. The molecule has 0 spiro atoms. The Balaban J connectivity index is 1.78. The first kappa shape index (κ1) is 17.8. The summed E-state index contributed by atoms with van der Waals surface area (Å²) < 4.78 is 30.8. The Labute approximate surface area is 147 Å². The quantitative estimate of drug-likeness (QED) is 0.852. The molecule has 134 valence electrons. The average Bonchev–Trinajstić information content (AvgIpc) is 3.00. The molecule has 0 bridgehead atoms. The average molecular weight is 363 g/mol. The van der Waals surface area contributed by atoms with E-state index in [2.05, 4.69) is 10.3 Å². The molecule has 2 aromatic rings. The van der Waals surface area contributed by atoms with E-state index in [9.17, 15) is 13.2 Å². The van der Waals surface area contributed by atoms with Gasteiger partial charge in [-0.15, -0.1) is 0 Å². The highest BCUT2D eigenvalue weighted by molar-refractivity contribution is 7.89. The van der Waals surface area contributed by atoms with Crippen LogP contribution in [0.15, 0.2) is 36.5 Å². The summed E-state index contributed by atoms with van der Waals surface area (Å²) in [5.74, 6) is -0.606. The minimum absolute atomic E-state index is 0.0568. The van der Waals surface area contributed by atoms with Crippen molar-refractivity contribution in [2.45, 2.75) is 6.04 Å². The fraction of sp³-hybridized carbons (Fsp3) is 0.412. The molecule has 1 aliphatic heterocycles. The topological polar surface area (TPSA) is 88.6 Å². The zero-order chi connectivity index (χ0) is 18.0. The summed E-state index contributed by atoms with van der Waals surface area (Å²) in [6.07, 6.45) is 1.64. The predicted molar refractivity (Wildman–Crippen MR) is 94.8 cm³/mol. The van der Waals surface area contributed by atoms with Crippen LogP contribution in [0.2, 0.25) is 0 Å². The maximum absolute atomic E-state index is 12.7. The normalized spacial score (nSPS) is 20.9. The summed E-state index contributed by atoms with van der Waals surface area (Å²) in [6.45, 7) is 0.614. The summed E-state index contributed by atoms with van der Waals surface area (Å²) in [5, 5.41) is 3.79. The number of carbonyl (C=O) groups excluding carboxylic acids is 1. The molecule has 3 rings (SSSR count). The second-order valence-corrected chi connectivity index (χ2v) is 8.55. The molecule has 2 atom stereocenters. The molecule has 0 saturated carbocycles. The van der Waals surface area contributed by atoms with Gasteiger partial charge in [-0.25, -0.2) is 12.7 Å². The van der Waals surface area contributed by atoms with Crippen molar-refractivity contribution in [3.05, 3.63) is 42.1 Å². The lowest BCUT2D eigenvalue weighted by molar-refractivity contribution is 0.0927. The third-order valence-electron chi connectivity index (χ3n) is 4.37. The first-order valence-electron chi connectivity index (χ1n) is 8.01. The molecule has 1 saturated heterocycles. The number of benzene rings is 1.